The van der Waals surface area contributed by atoms with Crippen LogP contribution in [0.3, 0.4) is 0 Å². The summed E-state index contributed by atoms with van der Waals surface area (Å²) in [6.07, 6.45) is -4.93. The van der Waals surface area contributed by atoms with Crippen molar-refractivity contribution in [2.24, 2.45) is 0 Å². The molecule has 0 aliphatic carbocycles. The molecule has 0 aromatic heterocycles. The van der Waals surface area contributed by atoms with E-state index >= 15 is 0 Å². The first-order valence-electron chi connectivity index (χ1n) is 5.70. The standard InChI is InChI=1S/C12H13F3N2O3/c1-2-20-10(18)9(12(13,14)15)17-11(19)16-8-6-4-3-5-7-8/h3-7,9H,2H2,1H3,(H2,16,17,19)/t9-/m1/s1. The second-order valence-corrected chi connectivity index (χ2v) is 3.69. The third kappa shape index (κ3) is 4.79. The average Bonchev–Trinajstić information content (AvgIpc) is 2.36. The first-order chi connectivity index (χ1) is 9.34. The summed E-state index contributed by atoms with van der Waals surface area (Å²) in [7, 11) is 0. The Morgan fingerprint density at radius 1 is 1.25 bits per heavy atom. The molecule has 0 spiro atoms. The van der Waals surface area contributed by atoms with Crippen LogP contribution in [0.1, 0.15) is 6.92 Å². The number of alkyl halides is 3. The molecule has 0 bridgehead atoms. The Bertz CT molecular complexity index is 463. The van der Waals surface area contributed by atoms with Crippen LogP contribution >= 0.6 is 0 Å². The predicted molar refractivity (Wildman–Crippen MR) is 65.1 cm³/mol. The SMILES string of the molecule is CCOC(=O)[C@@H](NC(=O)Nc1ccccc1)C(F)(F)F. The van der Waals surface area contributed by atoms with Crippen LogP contribution in [0.15, 0.2) is 30.3 Å². The molecule has 0 heterocycles. The highest BCUT2D eigenvalue weighted by atomic mass is 19.4. The van der Waals surface area contributed by atoms with Gasteiger partial charge in [-0.2, -0.15) is 13.2 Å². The summed E-state index contributed by atoms with van der Waals surface area (Å²) in [4.78, 5) is 22.6. The molecule has 0 radical (unpaired) electrons. The van der Waals surface area contributed by atoms with E-state index in [2.05, 4.69) is 10.1 Å². The van der Waals surface area contributed by atoms with Gasteiger partial charge in [-0.3, -0.25) is 0 Å². The van der Waals surface area contributed by atoms with Crippen LogP contribution in [0.25, 0.3) is 0 Å². The first kappa shape index (κ1) is 15.8. The van der Waals surface area contributed by atoms with Gasteiger partial charge in [0.25, 0.3) is 0 Å². The molecule has 1 aromatic carbocycles. The van der Waals surface area contributed by atoms with Crippen LogP contribution in [-0.4, -0.2) is 30.8 Å². The van der Waals surface area contributed by atoms with Crippen molar-refractivity contribution in [1.82, 2.24) is 5.32 Å². The molecule has 0 saturated carbocycles. The summed E-state index contributed by atoms with van der Waals surface area (Å²) < 4.78 is 42.2. The quantitative estimate of drug-likeness (QED) is 0.836. The Morgan fingerprint density at radius 3 is 2.35 bits per heavy atom. The van der Waals surface area contributed by atoms with E-state index in [9.17, 15) is 22.8 Å². The molecule has 0 fully saturated rings. The van der Waals surface area contributed by atoms with Crippen LogP contribution in [0.2, 0.25) is 0 Å². The molecule has 0 aliphatic heterocycles. The number of halogens is 3. The zero-order valence-corrected chi connectivity index (χ0v) is 10.5. The van der Waals surface area contributed by atoms with Crippen molar-refractivity contribution in [3.63, 3.8) is 0 Å². The van der Waals surface area contributed by atoms with E-state index in [1.54, 1.807) is 23.5 Å². The second kappa shape index (κ2) is 6.78. The lowest BCUT2D eigenvalue weighted by atomic mass is 10.3. The minimum Gasteiger partial charge on any atom is -0.464 e. The molecular weight excluding hydrogens is 277 g/mol. The number of nitrogens with one attached hydrogen (secondary N) is 2. The van der Waals surface area contributed by atoms with Gasteiger partial charge in [-0.15, -0.1) is 0 Å². The fraction of sp³-hybridized carbons (Fsp3) is 0.333. The third-order valence-electron chi connectivity index (χ3n) is 2.16. The Balaban J connectivity index is 2.70. The fourth-order valence-corrected chi connectivity index (χ4v) is 1.32. The van der Waals surface area contributed by atoms with Crippen molar-refractivity contribution in [3.8, 4) is 0 Å². The van der Waals surface area contributed by atoms with Crippen molar-refractivity contribution < 1.29 is 27.5 Å². The van der Waals surface area contributed by atoms with Crippen molar-refractivity contribution in [2.45, 2.75) is 19.1 Å². The Labute approximate surface area is 113 Å². The van der Waals surface area contributed by atoms with E-state index in [-0.39, 0.29) is 6.61 Å². The lowest BCUT2D eigenvalue weighted by Crippen LogP contribution is -2.52. The van der Waals surface area contributed by atoms with Crippen molar-refractivity contribution in [1.29, 1.82) is 0 Å². The molecule has 110 valence electrons. The summed E-state index contributed by atoms with van der Waals surface area (Å²) in [5.74, 6) is -1.55. The van der Waals surface area contributed by atoms with Gasteiger partial charge in [0, 0.05) is 5.69 Å². The zero-order valence-electron chi connectivity index (χ0n) is 10.5. The minimum absolute atomic E-state index is 0.215. The number of carbonyl (C=O) groups excluding carboxylic acids is 2. The monoisotopic (exact) mass is 290 g/mol. The summed E-state index contributed by atoms with van der Waals surface area (Å²) in [5, 5.41) is 3.72. The summed E-state index contributed by atoms with van der Waals surface area (Å²) in [6.45, 7) is 1.16. The summed E-state index contributed by atoms with van der Waals surface area (Å²) >= 11 is 0. The molecule has 8 heteroatoms. The van der Waals surface area contributed by atoms with E-state index in [4.69, 9.17) is 0 Å². The van der Waals surface area contributed by atoms with E-state index < -0.39 is 24.2 Å². The summed E-state index contributed by atoms with van der Waals surface area (Å²) in [5.41, 5.74) is 0.301. The normalized spacial score (nSPS) is 12.4. The fourth-order valence-electron chi connectivity index (χ4n) is 1.32. The third-order valence-corrected chi connectivity index (χ3v) is 2.16. The number of esters is 1. The first-order valence-corrected chi connectivity index (χ1v) is 5.70. The lowest BCUT2D eigenvalue weighted by molar-refractivity contribution is -0.182. The highest BCUT2D eigenvalue weighted by Gasteiger charge is 2.47. The van der Waals surface area contributed by atoms with Gasteiger partial charge in [0.05, 0.1) is 6.61 Å². The van der Waals surface area contributed by atoms with Gasteiger partial charge in [-0.25, -0.2) is 9.59 Å². The van der Waals surface area contributed by atoms with Crippen LogP contribution < -0.4 is 10.6 Å². The Morgan fingerprint density at radius 2 is 1.85 bits per heavy atom. The number of benzene rings is 1. The molecule has 2 N–H and O–H groups in total. The number of hydrogen-bond donors (Lipinski definition) is 2. The van der Waals surface area contributed by atoms with Crippen LogP contribution in [0, 0.1) is 0 Å². The van der Waals surface area contributed by atoms with E-state index in [0.717, 1.165) is 0 Å². The van der Waals surface area contributed by atoms with Gasteiger partial charge in [-0.05, 0) is 19.1 Å². The number of hydrogen-bond acceptors (Lipinski definition) is 3. The van der Waals surface area contributed by atoms with Crippen LogP contribution in [0.5, 0.6) is 0 Å². The maximum absolute atomic E-state index is 12.6. The lowest BCUT2D eigenvalue weighted by Gasteiger charge is -2.20. The van der Waals surface area contributed by atoms with E-state index in [1.165, 1.54) is 19.1 Å². The predicted octanol–water partition coefficient (Wildman–Crippen LogP) is 2.30. The second-order valence-electron chi connectivity index (χ2n) is 3.69. The van der Waals surface area contributed by atoms with Gasteiger partial charge in [0.2, 0.25) is 6.04 Å². The molecule has 5 nitrogen and oxygen atoms in total. The molecule has 0 saturated heterocycles. The molecule has 2 amide bonds. The molecule has 0 aliphatic rings. The summed E-state index contributed by atoms with van der Waals surface area (Å²) in [6, 6.07) is 4.02. The van der Waals surface area contributed by atoms with Crippen molar-refractivity contribution in [2.75, 3.05) is 11.9 Å². The van der Waals surface area contributed by atoms with Gasteiger partial charge >= 0.3 is 18.2 Å². The molecule has 0 unspecified atom stereocenters. The number of anilines is 1. The minimum atomic E-state index is -4.93. The maximum Gasteiger partial charge on any atom is 0.419 e. The number of para-hydroxylation sites is 1. The topological polar surface area (TPSA) is 67.4 Å². The largest absolute Gasteiger partial charge is 0.464 e. The van der Waals surface area contributed by atoms with Gasteiger partial charge in [-0.1, -0.05) is 18.2 Å². The Hall–Kier alpha value is -2.25. The smallest absolute Gasteiger partial charge is 0.419 e. The number of amides is 2. The highest BCUT2D eigenvalue weighted by molar-refractivity contribution is 5.92. The van der Waals surface area contributed by atoms with Crippen molar-refractivity contribution >= 4 is 17.7 Å². The molecule has 1 rings (SSSR count). The van der Waals surface area contributed by atoms with Crippen LogP contribution in [-0.2, 0) is 9.53 Å². The highest BCUT2D eigenvalue weighted by Crippen LogP contribution is 2.21. The van der Waals surface area contributed by atoms with Crippen molar-refractivity contribution in [3.05, 3.63) is 30.3 Å². The van der Waals surface area contributed by atoms with Gasteiger partial charge < -0.3 is 15.4 Å². The zero-order chi connectivity index (χ0) is 15.2. The molecule has 20 heavy (non-hydrogen) atoms. The van der Waals surface area contributed by atoms with Gasteiger partial charge in [0.1, 0.15) is 0 Å². The number of urea groups is 1. The van der Waals surface area contributed by atoms with Gasteiger partial charge in [0.15, 0.2) is 0 Å². The maximum atomic E-state index is 12.6. The molecular formula is C12H13F3N2O3. The average molecular weight is 290 g/mol. The molecule has 1 aromatic rings. The Kier molecular flexibility index (Phi) is 5.36. The molecule has 1 atom stereocenters. The number of ether oxygens (including phenoxy) is 1. The van der Waals surface area contributed by atoms with E-state index in [1.807, 2.05) is 0 Å². The number of rotatable bonds is 4. The number of carbonyl (C=O) groups is 2. The van der Waals surface area contributed by atoms with Crippen LogP contribution in [0.4, 0.5) is 23.7 Å². The van der Waals surface area contributed by atoms with E-state index in [0.29, 0.717) is 5.69 Å².